The minimum absolute atomic E-state index is 0.130. The van der Waals surface area contributed by atoms with Gasteiger partial charge in [-0.3, -0.25) is 0 Å². The molecule has 147 valence electrons. The van der Waals surface area contributed by atoms with Crippen molar-refractivity contribution in [3.05, 3.63) is 0 Å². The van der Waals surface area contributed by atoms with Crippen molar-refractivity contribution in [1.29, 1.82) is 0 Å². The summed E-state index contributed by atoms with van der Waals surface area (Å²) in [6.45, 7) is 18.8. The molecule has 1 aliphatic rings. The molecule has 0 aliphatic carbocycles. The number of likely N-dealkylation sites (tertiary alicyclic amines) is 1. The summed E-state index contributed by atoms with van der Waals surface area (Å²) in [5.41, 5.74) is -0.309. The number of rotatable bonds is 6. The third-order valence-electron chi connectivity index (χ3n) is 4.17. The van der Waals surface area contributed by atoms with Crippen LogP contribution in [-0.4, -0.2) is 57.5 Å². The predicted molar refractivity (Wildman–Crippen MR) is 103 cm³/mol. The molecule has 0 saturated carbocycles. The second-order valence-corrected chi connectivity index (χ2v) is 11.3. The molecule has 1 fully saturated rings. The molecule has 0 aromatic heterocycles. The van der Waals surface area contributed by atoms with Crippen LogP contribution in [-0.2, 0) is 13.9 Å². The molecule has 1 rings (SSSR count). The van der Waals surface area contributed by atoms with Gasteiger partial charge in [-0.2, -0.15) is 0 Å². The Morgan fingerprint density at radius 3 is 2.12 bits per heavy atom. The van der Waals surface area contributed by atoms with Gasteiger partial charge in [0.1, 0.15) is 5.60 Å². The molecule has 1 saturated heterocycles. The lowest BCUT2D eigenvalue weighted by atomic mass is 9.87. The molecular formula is C19H38NO4Si. The summed E-state index contributed by atoms with van der Waals surface area (Å²) >= 11 is 0. The SMILES string of the molecule is C[Si](C)OC(CCOC1CCN(C(=O)OC(C)(C)C)CC1)C(C)(C)C. The van der Waals surface area contributed by atoms with Crippen LogP contribution in [0.1, 0.15) is 60.8 Å². The van der Waals surface area contributed by atoms with Gasteiger partial charge in [0, 0.05) is 19.7 Å². The zero-order valence-corrected chi connectivity index (χ0v) is 18.5. The van der Waals surface area contributed by atoms with E-state index in [-0.39, 0.29) is 23.7 Å². The first kappa shape index (κ1) is 22.4. The van der Waals surface area contributed by atoms with E-state index in [1.54, 1.807) is 4.90 Å². The number of ether oxygens (including phenoxy) is 2. The van der Waals surface area contributed by atoms with Crippen LogP contribution in [0, 0.1) is 5.41 Å². The first-order chi connectivity index (χ1) is 11.4. The first-order valence-corrected chi connectivity index (χ1v) is 11.9. The summed E-state index contributed by atoms with van der Waals surface area (Å²) in [6.07, 6.45) is 2.91. The lowest BCUT2D eigenvalue weighted by Crippen LogP contribution is -2.43. The van der Waals surface area contributed by atoms with Crippen LogP contribution in [0.15, 0.2) is 0 Å². The molecule has 0 aromatic rings. The van der Waals surface area contributed by atoms with Gasteiger partial charge in [0.2, 0.25) is 9.04 Å². The zero-order chi connectivity index (χ0) is 19.3. The van der Waals surface area contributed by atoms with Gasteiger partial charge in [0.05, 0.1) is 12.2 Å². The molecule has 1 aliphatic heterocycles. The van der Waals surface area contributed by atoms with Crippen molar-refractivity contribution in [2.24, 2.45) is 5.41 Å². The molecule has 1 amide bonds. The highest BCUT2D eigenvalue weighted by Crippen LogP contribution is 2.26. The summed E-state index contributed by atoms with van der Waals surface area (Å²) in [5.74, 6) is 0. The predicted octanol–water partition coefficient (Wildman–Crippen LogP) is 4.48. The monoisotopic (exact) mass is 372 g/mol. The first-order valence-electron chi connectivity index (χ1n) is 9.45. The number of carbonyl (C=O) groups excluding carboxylic acids is 1. The molecule has 1 unspecified atom stereocenters. The Morgan fingerprint density at radius 1 is 1.12 bits per heavy atom. The van der Waals surface area contributed by atoms with Crippen LogP contribution in [0.25, 0.3) is 0 Å². The normalized spacial score (nSPS) is 18.5. The molecule has 1 radical (unpaired) electrons. The van der Waals surface area contributed by atoms with Crippen molar-refractivity contribution >= 4 is 15.1 Å². The van der Waals surface area contributed by atoms with Crippen molar-refractivity contribution in [2.75, 3.05) is 19.7 Å². The smallest absolute Gasteiger partial charge is 0.410 e. The van der Waals surface area contributed by atoms with Gasteiger partial charge in [0.15, 0.2) is 0 Å². The summed E-state index contributed by atoms with van der Waals surface area (Å²) < 4.78 is 17.7. The molecule has 1 heterocycles. The van der Waals surface area contributed by atoms with Crippen LogP contribution in [0.5, 0.6) is 0 Å². The topological polar surface area (TPSA) is 48.0 Å². The minimum atomic E-state index is -0.715. The molecule has 25 heavy (non-hydrogen) atoms. The quantitative estimate of drug-likeness (QED) is 0.645. The maximum atomic E-state index is 12.1. The molecule has 6 heteroatoms. The number of amides is 1. The van der Waals surface area contributed by atoms with Crippen LogP contribution in [0.4, 0.5) is 4.79 Å². The van der Waals surface area contributed by atoms with Crippen molar-refractivity contribution < 1.29 is 18.7 Å². The van der Waals surface area contributed by atoms with Gasteiger partial charge in [0.25, 0.3) is 0 Å². The average Bonchev–Trinajstić information content (AvgIpc) is 2.43. The average molecular weight is 373 g/mol. The fourth-order valence-corrected chi connectivity index (χ4v) is 3.87. The highest BCUT2D eigenvalue weighted by Gasteiger charge is 2.29. The van der Waals surface area contributed by atoms with E-state index >= 15 is 0 Å². The van der Waals surface area contributed by atoms with E-state index in [2.05, 4.69) is 33.9 Å². The lowest BCUT2D eigenvalue weighted by molar-refractivity contribution is -0.0257. The van der Waals surface area contributed by atoms with Crippen molar-refractivity contribution in [3.8, 4) is 0 Å². The van der Waals surface area contributed by atoms with Gasteiger partial charge in [-0.05, 0) is 58.5 Å². The molecule has 1 atom stereocenters. The number of hydrogen-bond donors (Lipinski definition) is 0. The Labute approximate surface area is 156 Å². The van der Waals surface area contributed by atoms with Gasteiger partial charge >= 0.3 is 6.09 Å². The largest absolute Gasteiger partial charge is 0.444 e. The van der Waals surface area contributed by atoms with Gasteiger partial charge in [-0.1, -0.05) is 20.8 Å². The van der Waals surface area contributed by atoms with Gasteiger partial charge in [-0.25, -0.2) is 4.79 Å². The van der Waals surface area contributed by atoms with Crippen LogP contribution in [0.3, 0.4) is 0 Å². The standard InChI is InChI=1S/C19H38NO4Si/c1-18(2,3)16(24-25(7)8)11-14-22-15-9-12-20(13-10-15)17(21)23-19(4,5)6/h15-16H,9-14H2,1-8H3. The van der Waals surface area contributed by atoms with E-state index in [0.717, 1.165) is 19.3 Å². The highest BCUT2D eigenvalue weighted by atomic mass is 28.3. The second-order valence-electron chi connectivity index (χ2n) is 9.21. The zero-order valence-electron chi connectivity index (χ0n) is 17.5. The molecule has 0 spiro atoms. The molecular weight excluding hydrogens is 334 g/mol. The summed E-state index contributed by atoms with van der Waals surface area (Å²) in [6, 6.07) is 0. The Hall–Kier alpha value is -0.593. The summed E-state index contributed by atoms with van der Waals surface area (Å²) in [4.78, 5) is 13.9. The fraction of sp³-hybridized carbons (Fsp3) is 0.947. The summed E-state index contributed by atoms with van der Waals surface area (Å²) in [5, 5.41) is 0. The maximum Gasteiger partial charge on any atom is 0.410 e. The van der Waals surface area contributed by atoms with Crippen LogP contribution in [0.2, 0.25) is 13.1 Å². The Bertz CT molecular complexity index is 407. The second kappa shape index (κ2) is 9.37. The number of nitrogens with zero attached hydrogens (tertiary/aromatic N) is 1. The molecule has 0 N–H and O–H groups in total. The van der Waals surface area contributed by atoms with E-state index < -0.39 is 14.6 Å². The van der Waals surface area contributed by atoms with E-state index in [1.807, 2.05) is 20.8 Å². The number of hydrogen-bond acceptors (Lipinski definition) is 4. The third-order valence-corrected chi connectivity index (χ3v) is 4.93. The maximum absolute atomic E-state index is 12.1. The van der Waals surface area contributed by atoms with Crippen molar-refractivity contribution in [1.82, 2.24) is 4.90 Å². The van der Waals surface area contributed by atoms with Crippen LogP contribution >= 0.6 is 0 Å². The Morgan fingerprint density at radius 2 is 1.68 bits per heavy atom. The van der Waals surface area contributed by atoms with Gasteiger partial charge in [-0.15, -0.1) is 0 Å². The highest BCUT2D eigenvalue weighted by molar-refractivity contribution is 6.48. The number of carbonyl (C=O) groups is 1. The summed E-state index contributed by atoms with van der Waals surface area (Å²) in [7, 11) is -0.715. The van der Waals surface area contributed by atoms with E-state index in [4.69, 9.17) is 13.9 Å². The van der Waals surface area contributed by atoms with Crippen molar-refractivity contribution in [3.63, 3.8) is 0 Å². The molecule has 0 bridgehead atoms. The van der Waals surface area contributed by atoms with E-state index in [1.165, 1.54) is 0 Å². The fourth-order valence-electron chi connectivity index (χ4n) is 2.83. The Kier molecular flexibility index (Phi) is 8.42. The number of piperidine rings is 1. The van der Waals surface area contributed by atoms with Crippen molar-refractivity contribution in [2.45, 2.75) is 91.7 Å². The van der Waals surface area contributed by atoms with E-state index in [0.29, 0.717) is 19.7 Å². The minimum Gasteiger partial charge on any atom is -0.444 e. The molecule has 5 nitrogen and oxygen atoms in total. The Balaban J connectivity index is 2.33. The van der Waals surface area contributed by atoms with Crippen LogP contribution < -0.4 is 0 Å². The molecule has 0 aromatic carbocycles. The third kappa shape index (κ3) is 9.06. The van der Waals surface area contributed by atoms with Gasteiger partial charge < -0.3 is 18.8 Å². The van der Waals surface area contributed by atoms with E-state index in [9.17, 15) is 4.79 Å². The lowest BCUT2D eigenvalue weighted by Gasteiger charge is -2.35.